The predicted molar refractivity (Wildman–Crippen MR) is 120 cm³/mol. The van der Waals surface area contributed by atoms with Gasteiger partial charge in [0.1, 0.15) is 0 Å². The summed E-state index contributed by atoms with van der Waals surface area (Å²) in [6.07, 6.45) is 4.09. The fourth-order valence-corrected chi connectivity index (χ4v) is 3.86. The van der Waals surface area contributed by atoms with E-state index in [0.717, 1.165) is 49.7 Å². The standard InChI is InChI=1S/C22H31N3O3S/c1-3-16-7-8-20-17(12-16)13-18(21(26)24-20)14-25(15-19-6-4-11-28-19)22(29)23-9-5-10-27-2/h7-8,12-13,19H,3-6,9-11,14-15H2,1-2H3,(H,23,29)(H,24,26)/t19-/m0/s1. The average molecular weight is 418 g/mol. The van der Waals surface area contributed by atoms with Crippen molar-refractivity contribution in [2.75, 3.05) is 33.4 Å². The Hall–Kier alpha value is -1.96. The normalized spacial score (nSPS) is 16.3. The van der Waals surface area contributed by atoms with Crippen LogP contribution in [0.15, 0.2) is 29.1 Å². The van der Waals surface area contributed by atoms with E-state index in [1.165, 1.54) is 5.56 Å². The van der Waals surface area contributed by atoms with Crippen LogP contribution in [0.25, 0.3) is 10.9 Å². The van der Waals surface area contributed by atoms with E-state index in [2.05, 4.69) is 34.3 Å². The zero-order chi connectivity index (χ0) is 20.6. The summed E-state index contributed by atoms with van der Waals surface area (Å²) in [6, 6.07) is 8.16. The van der Waals surface area contributed by atoms with E-state index >= 15 is 0 Å². The highest BCUT2D eigenvalue weighted by Gasteiger charge is 2.22. The minimum absolute atomic E-state index is 0.0683. The summed E-state index contributed by atoms with van der Waals surface area (Å²) in [5.41, 5.74) is 2.76. The van der Waals surface area contributed by atoms with Crippen molar-refractivity contribution >= 4 is 28.2 Å². The fraction of sp³-hybridized carbons (Fsp3) is 0.545. The highest BCUT2D eigenvalue weighted by molar-refractivity contribution is 7.80. The van der Waals surface area contributed by atoms with Crippen LogP contribution in [0.4, 0.5) is 0 Å². The van der Waals surface area contributed by atoms with Gasteiger partial charge in [0.15, 0.2) is 5.11 Å². The molecule has 1 atom stereocenters. The van der Waals surface area contributed by atoms with E-state index in [9.17, 15) is 4.79 Å². The Morgan fingerprint density at radius 2 is 2.28 bits per heavy atom. The third-order valence-corrected chi connectivity index (χ3v) is 5.69. The first-order valence-electron chi connectivity index (χ1n) is 10.4. The van der Waals surface area contributed by atoms with Crippen LogP contribution in [0.2, 0.25) is 0 Å². The van der Waals surface area contributed by atoms with Crippen molar-refractivity contribution in [3.05, 3.63) is 45.7 Å². The zero-order valence-corrected chi connectivity index (χ0v) is 18.1. The van der Waals surface area contributed by atoms with Gasteiger partial charge in [0.2, 0.25) is 0 Å². The van der Waals surface area contributed by atoms with Crippen molar-refractivity contribution in [1.29, 1.82) is 0 Å². The van der Waals surface area contributed by atoms with Gasteiger partial charge < -0.3 is 24.7 Å². The largest absolute Gasteiger partial charge is 0.385 e. The molecule has 0 bridgehead atoms. The number of aromatic nitrogens is 1. The molecule has 2 heterocycles. The number of hydrogen-bond donors (Lipinski definition) is 2. The maximum atomic E-state index is 12.7. The highest BCUT2D eigenvalue weighted by Crippen LogP contribution is 2.17. The first-order chi connectivity index (χ1) is 14.1. The lowest BCUT2D eigenvalue weighted by molar-refractivity contribution is 0.0896. The van der Waals surface area contributed by atoms with Crippen LogP contribution < -0.4 is 10.9 Å². The molecule has 1 fully saturated rings. The van der Waals surface area contributed by atoms with Gasteiger partial charge in [0.25, 0.3) is 5.56 Å². The van der Waals surface area contributed by atoms with Crippen LogP contribution >= 0.6 is 12.2 Å². The maximum absolute atomic E-state index is 12.7. The van der Waals surface area contributed by atoms with E-state index in [4.69, 9.17) is 21.7 Å². The van der Waals surface area contributed by atoms with Crippen LogP contribution in [-0.4, -0.2) is 54.5 Å². The molecular weight excluding hydrogens is 386 g/mol. The molecule has 2 aromatic rings. The summed E-state index contributed by atoms with van der Waals surface area (Å²) in [4.78, 5) is 17.8. The molecule has 2 N–H and O–H groups in total. The Balaban J connectivity index is 1.78. The Kier molecular flexibility index (Phi) is 8.03. The van der Waals surface area contributed by atoms with Crippen LogP contribution in [-0.2, 0) is 22.4 Å². The van der Waals surface area contributed by atoms with Crippen molar-refractivity contribution in [3.63, 3.8) is 0 Å². The third kappa shape index (κ3) is 6.01. The van der Waals surface area contributed by atoms with Gasteiger partial charge in [-0.2, -0.15) is 0 Å². The molecule has 1 aliphatic heterocycles. The quantitative estimate of drug-likeness (QED) is 0.483. The number of nitrogens with zero attached hydrogens (tertiary/aromatic N) is 1. The van der Waals surface area contributed by atoms with Crippen LogP contribution in [0.5, 0.6) is 0 Å². The van der Waals surface area contributed by atoms with E-state index in [0.29, 0.717) is 30.4 Å². The number of H-pyrrole nitrogens is 1. The Morgan fingerprint density at radius 1 is 1.41 bits per heavy atom. The highest BCUT2D eigenvalue weighted by atomic mass is 32.1. The van der Waals surface area contributed by atoms with Crippen molar-refractivity contribution in [2.45, 2.75) is 45.3 Å². The topological polar surface area (TPSA) is 66.6 Å². The smallest absolute Gasteiger partial charge is 0.253 e. The monoisotopic (exact) mass is 417 g/mol. The molecular formula is C22H31N3O3S. The Morgan fingerprint density at radius 3 is 3.00 bits per heavy atom. The molecule has 1 saturated heterocycles. The zero-order valence-electron chi connectivity index (χ0n) is 17.3. The fourth-order valence-electron chi connectivity index (χ4n) is 3.62. The molecule has 29 heavy (non-hydrogen) atoms. The Bertz CT molecular complexity index is 877. The summed E-state index contributed by atoms with van der Waals surface area (Å²) in [7, 11) is 1.69. The number of benzene rings is 1. The molecule has 1 aromatic carbocycles. The molecule has 0 spiro atoms. The number of pyridine rings is 1. The Labute approximate surface area is 177 Å². The molecule has 0 radical (unpaired) electrons. The van der Waals surface area contributed by atoms with Gasteiger partial charge >= 0.3 is 0 Å². The van der Waals surface area contributed by atoms with Gasteiger partial charge in [-0.1, -0.05) is 13.0 Å². The van der Waals surface area contributed by atoms with Gasteiger partial charge in [-0.25, -0.2) is 0 Å². The number of methoxy groups -OCH3 is 1. The number of thiocarbonyl (C=S) groups is 1. The van der Waals surface area contributed by atoms with E-state index < -0.39 is 0 Å². The van der Waals surface area contributed by atoms with Crippen molar-refractivity contribution in [1.82, 2.24) is 15.2 Å². The second kappa shape index (κ2) is 10.7. The first-order valence-corrected chi connectivity index (χ1v) is 10.8. The molecule has 158 valence electrons. The lowest BCUT2D eigenvalue weighted by atomic mass is 10.1. The number of fused-ring (bicyclic) bond motifs is 1. The molecule has 6 nitrogen and oxygen atoms in total. The number of ether oxygens (including phenoxy) is 2. The summed E-state index contributed by atoms with van der Waals surface area (Å²) in [6.45, 7) is 5.49. The predicted octanol–water partition coefficient (Wildman–Crippen LogP) is 2.98. The third-order valence-electron chi connectivity index (χ3n) is 5.29. The van der Waals surface area contributed by atoms with E-state index in [-0.39, 0.29) is 11.7 Å². The first kappa shape index (κ1) is 21.7. The number of nitrogens with one attached hydrogen (secondary N) is 2. The molecule has 7 heteroatoms. The van der Waals surface area contributed by atoms with Crippen molar-refractivity contribution < 1.29 is 9.47 Å². The van der Waals surface area contributed by atoms with Crippen LogP contribution in [0.3, 0.4) is 0 Å². The summed E-state index contributed by atoms with van der Waals surface area (Å²) in [5.74, 6) is 0. The number of aryl methyl sites for hydroxylation is 1. The van der Waals surface area contributed by atoms with Gasteiger partial charge in [-0.3, -0.25) is 4.79 Å². The molecule has 0 saturated carbocycles. The molecule has 0 unspecified atom stereocenters. The average Bonchev–Trinajstić information content (AvgIpc) is 3.24. The number of aromatic amines is 1. The molecule has 3 rings (SSSR count). The van der Waals surface area contributed by atoms with Gasteiger partial charge in [-0.05, 0) is 67.0 Å². The van der Waals surface area contributed by atoms with Crippen molar-refractivity contribution in [3.8, 4) is 0 Å². The van der Waals surface area contributed by atoms with E-state index in [1.807, 2.05) is 12.1 Å². The minimum atomic E-state index is -0.0683. The maximum Gasteiger partial charge on any atom is 0.253 e. The minimum Gasteiger partial charge on any atom is -0.385 e. The lowest BCUT2D eigenvalue weighted by Crippen LogP contribution is -2.44. The molecule has 0 aliphatic carbocycles. The van der Waals surface area contributed by atoms with E-state index in [1.54, 1.807) is 7.11 Å². The second-order valence-corrected chi connectivity index (χ2v) is 7.88. The van der Waals surface area contributed by atoms with Crippen LogP contribution in [0, 0.1) is 0 Å². The summed E-state index contributed by atoms with van der Waals surface area (Å²) >= 11 is 5.64. The number of rotatable bonds is 9. The summed E-state index contributed by atoms with van der Waals surface area (Å²) in [5, 5.41) is 5.00. The van der Waals surface area contributed by atoms with Crippen LogP contribution in [0.1, 0.15) is 37.3 Å². The molecule has 1 aromatic heterocycles. The van der Waals surface area contributed by atoms with Crippen molar-refractivity contribution in [2.24, 2.45) is 0 Å². The summed E-state index contributed by atoms with van der Waals surface area (Å²) < 4.78 is 10.9. The SMILES string of the molecule is CCc1ccc2[nH]c(=O)c(CN(C[C@@H]3CCCO3)C(=S)NCCCOC)cc2c1. The van der Waals surface area contributed by atoms with Gasteiger partial charge in [-0.15, -0.1) is 0 Å². The second-order valence-electron chi connectivity index (χ2n) is 7.49. The lowest BCUT2D eigenvalue weighted by Gasteiger charge is -2.28. The molecule has 1 aliphatic rings. The molecule has 0 amide bonds. The van der Waals surface area contributed by atoms with Gasteiger partial charge in [0, 0.05) is 44.5 Å². The van der Waals surface area contributed by atoms with Gasteiger partial charge in [0.05, 0.1) is 12.6 Å². The number of hydrogen-bond acceptors (Lipinski definition) is 4.